The lowest BCUT2D eigenvalue weighted by atomic mass is 10.1. The van der Waals surface area contributed by atoms with Gasteiger partial charge < -0.3 is 5.32 Å². The predicted molar refractivity (Wildman–Crippen MR) is 114 cm³/mol. The number of carbonyl (C=O) groups is 1. The van der Waals surface area contributed by atoms with Gasteiger partial charge in [0.25, 0.3) is 10.0 Å². The number of nitrogens with one attached hydrogen (secondary N) is 1. The van der Waals surface area contributed by atoms with Gasteiger partial charge in [0, 0.05) is 18.1 Å². The molecule has 0 atom stereocenters. The molecule has 0 fully saturated rings. The number of sulfonamides is 1. The van der Waals surface area contributed by atoms with Crippen LogP contribution in [0.15, 0.2) is 71.9 Å². The van der Waals surface area contributed by atoms with Gasteiger partial charge >= 0.3 is 0 Å². The van der Waals surface area contributed by atoms with Crippen LogP contribution >= 0.6 is 0 Å². The molecule has 0 radical (unpaired) electrons. The van der Waals surface area contributed by atoms with E-state index < -0.39 is 15.9 Å². The van der Waals surface area contributed by atoms with Gasteiger partial charge in [-0.2, -0.15) is 0 Å². The molecule has 1 amide bonds. The monoisotopic (exact) mass is 409 g/mol. The lowest BCUT2D eigenvalue weighted by Gasteiger charge is -2.26. The number of hydrogen-bond acceptors (Lipinski definition) is 4. The second-order valence-corrected chi connectivity index (χ2v) is 8.72. The quantitative estimate of drug-likeness (QED) is 0.671. The van der Waals surface area contributed by atoms with Crippen LogP contribution in [0.2, 0.25) is 0 Å². The highest BCUT2D eigenvalue weighted by Gasteiger charge is 2.28. The number of benzene rings is 2. The van der Waals surface area contributed by atoms with Crippen LogP contribution in [0.5, 0.6) is 0 Å². The summed E-state index contributed by atoms with van der Waals surface area (Å²) in [6.07, 6.45) is 3.21. The summed E-state index contributed by atoms with van der Waals surface area (Å²) in [7, 11) is -3.93. The summed E-state index contributed by atoms with van der Waals surface area (Å²) in [6, 6.07) is 15.3. The van der Waals surface area contributed by atoms with E-state index in [9.17, 15) is 13.2 Å². The molecule has 0 saturated heterocycles. The van der Waals surface area contributed by atoms with Gasteiger partial charge in [0.2, 0.25) is 5.91 Å². The minimum absolute atomic E-state index is 0.133. The van der Waals surface area contributed by atoms with Crippen molar-refractivity contribution in [3.05, 3.63) is 83.7 Å². The van der Waals surface area contributed by atoms with E-state index >= 15 is 0 Å². The summed E-state index contributed by atoms with van der Waals surface area (Å²) in [5, 5.41) is 2.78. The Morgan fingerprint density at radius 3 is 2.41 bits per heavy atom. The van der Waals surface area contributed by atoms with E-state index in [0.29, 0.717) is 11.4 Å². The molecule has 1 heterocycles. The van der Waals surface area contributed by atoms with E-state index in [1.807, 2.05) is 32.9 Å². The average molecular weight is 410 g/mol. The summed E-state index contributed by atoms with van der Waals surface area (Å²) < 4.78 is 27.9. The zero-order valence-corrected chi connectivity index (χ0v) is 17.4. The Labute approximate surface area is 171 Å². The average Bonchev–Trinajstić information content (AvgIpc) is 2.70. The highest BCUT2D eigenvalue weighted by atomic mass is 32.2. The normalized spacial score (nSPS) is 11.1. The van der Waals surface area contributed by atoms with Crippen molar-refractivity contribution in [3.8, 4) is 0 Å². The number of nitrogens with zero attached hydrogens (tertiary/aromatic N) is 2. The van der Waals surface area contributed by atoms with Crippen LogP contribution in [0, 0.1) is 20.8 Å². The third-order valence-electron chi connectivity index (χ3n) is 4.55. The van der Waals surface area contributed by atoms with E-state index in [2.05, 4.69) is 10.3 Å². The van der Waals surface area contributed by atoms with Crippen molar-refractivity contribution in [2.45, 2.75) is 25.7 Å². The fourth-order valence-electron chi connectivity index (χ4n) is 2.94. The smallest absolute Gasteiger partial charge is 0.264 e. The maximum atomic E-state index is 13.4. The second-order valence-electron chi connectivity index (χ2n) is 6.85. The van der Waals surface area contributed by atoms with Crippen molar-refractivity contribution in [2.75, 3.05) is 16.2 Å². The number of aryl methyl sites for hydroxylation is 3. The summed E-state index contributed by atoms with van der Waals surface area (Å²) in [4.78, 5) is 16.9. The van der Waals surface area contributed by atoms with E-state index in [1.54, 1.807) is 42.7 Å². The Bertz CT molecular complexity index is 1130. The van der Waals surface area contributed by atoms with Gasteiger partial charge in [0.05, 0.1) is 10.6 Å². The molecule has 150 valence electrons. The zero-order valence-electron chi connectivity index (χ0n) is 16.6. The third kappa shape index (κ3) is 4.63. The zero-order chi connectivity index (χ0) is 21.0. The van der Waals surface area contributed by atoms with Crippen molar-refractivity contribution in [3.63, 3.8) is 0 Å². The first kappa shape index (κ1) is 20.5. The van der Waals surface area contributed by atoms with Gasteiger partial charge in [0.1, 0.15) is 6.54 Å². The Kier molecular flexibility index (Phi) is 5.98. The fourth-order valence-corrected chi connectivity index (χ4v) is 4.44. The molecule has 1 aromatic heterocycles. The van der Waals surface area contributed by atoms with E-state index in [4.69, 9.17) is 0 Å². The number of aromatic nitrogens is 1. The van der Waals surface area contributed by atoms with Gasteiger partial charge in [-0.1, -0.05) is 30.3 Å². The molecule has 0 bridgehead atoms. The first-order valence-corrected chi connectivity index (χ1v) is 10.6. The topological polar surface area (TPSA) is 79.4 Å². The van der Waals surface area contributed by atoms with Crippen molar-refractivity contribution >= 4 is 27.3 Å². The van der Waals surface area contributed by atoms with Crippen LogP contribution in [-0.2, 0) is 14.8 Å². The molecule has 6 nitrogen and oxygen atoms in total. The number of pyridine rings is 1. The van der Waals surface area contributed by atoms with Crippen LogP contribution < -0.4 is 9.62 Å². The predicted octanol–water partition coefficient (Wildman–Crippen LogP) is 3.84. The number of carbonyl (C=O) groups excluding carboxylic acids is 1. The largest absolute Gasteiger partial charge is 0.324 e. The molecule has 0 unspecified atom stereocenters. The van der Waals surface area contributed by atoms with Crippen LogP contribution in [0.25, 0.3) is 0 Å². The third-order valence-corrected chi connectivity index (χ3v) is 6.32. The van der Waals surface area contributed by atoms with Crippen LogP contribution in [0.3, 0.4) is 0 Å². The standard InChI is InChI=1S/C22H23N3O3S/c1-16-9-10-17(2)21(13-16)25(29(27,28)19-7-5-4-6-8-19)15-22(26)24-20-11-12-23-14-18(20)3/h4-14H,15H2,1-3H3,(H,23,24,26). The number of rotatable bonds is 6. The SMILES string of the molecule is Cc1ccc(C)c(N(CC(=O)Nc2ccncc2C)S(=O)(=O)c2ccccc2)c1. The van der Waals surface area contributed by atoms with Gasteiger partial charge in [-0.05, 0) is 61.7 Å². The van der Waals surface area contributed by atoms with Gasteiger partial charge in [0.15, 0.2) is 0 Å². The van der Waals surface area contributed by atoms with Crippen LogP contribution in [0.1, 0.15) is 16.7 Å². The minimum atomic E-state index is -3.93. The molecule has 3 aromatic rings. The second kappa shape index (κ2) is 8.45. The number of hydrogen-bond donors (Lipinski definition) is 1. The first-order valence-electron chi connectivity index (χ1n) is 9.14. The molecule has 3 rings (SSSR count). The van der Waals surface area contributed by atoms with E-state index in [0.717, 1.165) is 21.0 Å². The fraction of sp³-hybridized carbons (Fsp3) is 0.182. The molecular weight excluding hydrogens is 386 g/mol. The summed E-state index contributed by atoms with van der Waals surface area (Å²) in [5.74, 6) is -0.431. The highest BCUT2D eigenvalue weighted by molar-refractivity contribution is 7.92. The molecular formula is C22H23N3O3S. The Morgan fingerprint density at radius 1 is 1.00 bits per heavy atom. The molecule has 2 aromatic carbocycles. The van der Waals surface area contributed by atoms with Gasteiger partial charge in [-0.25, -0.2) is 8.42 Å². The highest BCUT2D eigenvalue weighted by Crippen LogP contribution is 2.28. The Morgan fingerprint density at radius 2 is 1.72 bits per heavy atom. The molecule has 29 heavy (non-hydrogen) atoms. The van der Waals surface area contributed by atoms with Crippen molar-refractivity contribution in [2.24, 2.45) is 0 Å². The minimum Gasteiger partial charge on any atom is -0.324 e. The van der Waals surface area contributed by atoms with Crippen molar-refractivity contribution in [1.29, 1.82) is 0 Å². The molecule has 0 spiro atoms. The summed E-state index contributed by atoms with van der Waals surface area (Å²) >= 11 is 0. The van der Waals surface area contributed by atoms with Crippen LogP contribution in [-0.4, -0.2) is 25.9 Å². The first-order chi connectivity index (χ1) is 13.8. The molecule has 7 heteroatoms. The molecule has 0 saturated carbocycles. The summed E-state index contributed by atoms with van der Waals surface area (Å²) in [6.45, 7) is 5.19. The molecule has 0 aliphatic carbocycles. The lowest BCUT2D eigenvalue weighted by molar-refractivity contribution is -0.114. The Hall–Kier alpha value is -3.19. The Balaban J connectivity index is 2.00. The molecule has 1 N–H and O–H groups in total. The lowest BCUT2D eigenvalue weighted by Crippen LogP contribution is -2.38. The van der Waals surface area contributed by atoms with Crippen LogP contribution in [0.4, 0.5) is 11.4 Å². The van der Waals surface area contributed by atoms with E-state index in [1.165, 1.54) is 12.1 Å². The van der Waals surface area contributed by atoms with Crippen molar-refractivity contribution < 1.29 is 13.2 Å². The maximum absolute atomic E-state index is 13.4. The van der Waals surface area contributed by atoms with Gasteiger partial charge in [-0.15, -0.1) is 0 Å². The number of anilines is 2. The number of amides is 1. The molecule has 0 aliphatic rings. The maximum Gasteiger partial charge on any atom is 0.264 e. The van der Waals surface area contributed by atoms with Crippen molar-refractivity contribution in [1.82, 2.24) is 4.98 Å². The van der Waals surface area contributed by atoms with Gasteiger partial charge in [-0.3, -0.25) is 14.1 Å². The molecule has 0 aliphatic heterocycles. The summed E-state index contributed by atoms with van der Waals surface area (Å²) in [5.41, 5.74) is 3.55. The van der Waals surface area contributed by atoms with E-state index in [-0.39, 0.29) is 11.4 Å².